The maximum atomic E-state index is 13.1. The molecule has 0 aliphatic carbocycles. The molecule has 0 saturated carbocycles. The lowest BCUT2D eigenvalue weighted by Gasteiger charge is -2.21. The smallest absolute Gasteiger partial charge is 0.462 e. The summed E-state index contributed by atoms with van der Waals surface area (Å²) in [5.41, 5.74) is 0. The van der Waals surface area contributed by atoms with Gasteiger partial charge in [-0.05, 0) is 141 Å². The predicted molar refractivity (Wildman–Crippen MR) is 409 cm³/mol. The lowest BCUT2D eigenvalue weighted by Crippen LogP contribution is -2.30. The molecule has 0 spiro atoms. The SMILES string of the molecule is CCCC/C=C\CCCCCCCC(=O)OC(COC(=O)CCCCCCCC/C=C\C/C=C\C/C=C\CCCCC)COP(=O)(O)OCC(O)COP(=O)(O)OCC(COC(=O)CCCCCCCC/C=C\C/C=C\C/C=C\CCCCC)OC(=O)CCCCCCC/C=C\CCCC. The first kappa shape index (κ1) is 96.0. The standard InChI is InChI=1S/C81H142O17P2/c1-5-9-13-17-21-25-29-31-33-35-37-39-41-43-47-49-53-57-61-65-78(83)91-71-76(97-80(85)67-63-59-55-51-45-27-23-19-15-11-7-3)73-95-99(87,88)93-69-75(82)70-94-100(89,90)96-74-77(98-81(86)68-64-60-56-52-46-28-24-20-16-12-8-4)72-92-79(84)66-62-58-54-50-48-44-42-40-38-36-34-32-30-26-22-18-14-10-6-2/h19-26,31-34,37-40,75-77,82H,5-18,27-30,35-36,41-74H2,1-4H3,(H,87,88)(H,89,90)/b23-19-,24-20-,25-21-,26-22-,33-31-,34-32-,39-37-,40-38-. The number of carbonyl (C=O) groups is 4. The Balaban J connectivity index is 5.27. The highest BCUT2D eigenvalue weighted by Gasteiger charge is 2.30. The van der Waals surface area contributed by atoms with Crippen molar-refractivity contribution in [2.75, 3.05) is 39.6 Å². The highest BCUT2D eigenvalue weighted by atomic mass is 31.2. The molecule has 0 aromatic rings. The van der Waals surface area contributed by atoms with E-state index in [1.165, 1.54) is 64.2 Å². The van der Waals surface area contributed by atoms with E-state index in [4.69, 9.17) is 37.0 Å². The van der Waals surface area contributed by atoms with Gasteiger partial charge in [-0.3, -0.25) is 37.3 Å². The molecule has 0 aromatic heterocycles. The van der Waals surface area contributed by atoms with Crippen LogP contribution < -0.4 is 0 Å². The molecule has 0 rings (SSSR count). The van der Waals surface area contributed by atoms with Crippen molar-refractivity contribution in [2.45, 2.75) is 354 Å². The molecule has 0 radical (unpaired) electrons. The molecule has 4 atom stereocenters. The average Bonchev–Trinajstić information content (AvgIpc) is 0.929. The van der Waals surface area contributed by atoms with Crippen LogP contribution in [0.5, 0.6) is 0 Å². The average molecular weight is 1450 g/mol. The zero-order valence-electron chi connectivity index (χ0n) is 63.1. The van der Waals surface area contributed by atoms with Crippen molar-refractivity contribution in [1.82, 2.24) is 0 Å². The first-order valence-corrected chi connectivity index (χ1v) is 42.5. The molecule has 0 heterocycles. The lowest BCUT2D eigenvalue weighted by molar-refractivity contribution is -0.161. The molecule has 0 fully saturated rings. The van der Waals surface area contributed by atoms with Crippen LogP contribution in [0, 0.1) is 0 Å². The van der Waals surface area contributed by atoms with Crippen molar-refractivity contribution in [3.8, 4) is 0 Å². The highest BCUT2D eigenvalue weighted by molar-refractivity contribution is 7.47. The van der Waals surface area contributed by atoms with Crippen molar-refractivity contribution in [3.63, 3.8) is 0 Å². The Morgan fingerprint density at radius 1 is 0.280 bits per heavy atom. The fourth-order valence-electron chi connectivity index (χ4n) is 10.4. The second-order valence-corrected chi connectivity index (χ2v) is 29.2. The number of esters is 4. The lowest BCUT2D eigenvalue weighted by atomic mass is 10.1. The van der Waals surface area contributed by atoms with Crippen LogP contribution in [0.3, 0.4) is 0 Å². The van der Waals surface area contributed by atoms with Gasteiger partial charge in [-0.1, -0.05) is 266 Å². The van der Waals surface area contributed by atoms with E-state index in [1.54, 1.807) is 0 Å². The fraction of sp³-hybridized carbons (Fsp3) is 0.753. The maximum Gasteiger partial charge on any atom is 0.472 e. The van der Waals surface area contributed by atoms with Gasteiger partial charge in [0.1, 0.15) is 19.3 Å². The Labute approximate surface area is 607 Å². The summed E-state index contributed by atoms with van der Waals surface area (Å²) in [6, 6.07) is 0. The Bertz CT molecular complexity index is 2120. The van der Waals surface area contributed by atoms with Crippen LogP contribution >= 0.6 is 15.6 Å². The zero-order valence-corrected chi connectivity index (χ0v) is 64.9. The van der Waals surface area contributed by atoms with Gasteiger partial charge in [0.2, 0.25) is 0 Å². The van der Waals surface area contributed by atoms with Crippen molar-refractivity contribution >= 4 is 39.5 Å². The second-order valence-electron chi connectivity index (χ2n) is 26.3. The van der Waals surface area contributed by atoms with Gasteiger partial charge >= 0.3 is 39.5 Å². The number of phosphoric acid groups is 2. The fourth-order valence-corrected chi connectivity index (χ4v) is 12.0. The van der Waals surface area contributed by atoms with E-state index in [1.807, 2.05) is 0 Å². The Morgan fingerprint density at radius 3 is 0.790 bits per heavy atom. The predicted octanol–water partition coefficient (Wildman–Crippen LogP) is 22.8. The van der Waals surface area contributed by atoms with Gasteiger partial charge < -0.3 is 33.8 Å². The molecule has 0 aliphatic rings. The molecule has 4 unspecified atom stereocenters. The molecule has 17 nitrogen and oxygen atoms in total. The summed E-state index contributed by atoms with van der Waals surface area (Å²) in [5, 5.41) is 10.6. The van der Waals surface area contributed by atoms with Gasteiger partial charge in [0.15, 0.2) is 12.2 Å². The van der Waals surface area contributed by atoms with Gasteiger partial charge in [-0.25, -0.2) is 9.13 Å². The second kappa shape index (κ2) is 73.3. The number of allylic oxidation sites excluding steroid dienone is 16. The minimum Gasteiger partial charge on any atom is -0.462 e. The molecular weight excluding hydrogens is 1310 g/mol. The van der Waals surface area contributed by atoms with E-state index in [0.717, 1.165) is 193 Å². The molecular formula is C81H142O17P2. The van der Waals surface area contributed by atoms with E-state index in [2.05, 4.69) is 125 Å². The normalized spacial score (nSPS) is 14.4. The summed E-state index contributed by atoms with van der Waals surface area (Å²) in [4.78, 5) is 72.8. The minimum atomic E-state index is -4.98. The van der Waals surface area contributed by atoms with Crippen LogP contribution in [0.15, 0.2) is 97.2 Å². The van der Waals surface area contributed by atoms with Gasteiger partial charge in [0, 0.05) is 25.7 Å². The first-order chi connectivity index (χ1) is 48.7. The maximum absolute atomic E-state index is 13.1. The number of unbranched alkanes of at least 4 members (excludes halogenated alkanes) is 32. The third-order valence-electron chi connectivity index (χ3n) is 16.5. The minimum absolute atomic E-state index is 0.0815. The Hall–Kier alpha value is -4.02. The number of aliphatic hydroxyl groups excluding tert-OH is 1. The quantitative estimate of drug-likeness (QED) is 0.0169. The largest absolute Gasteiger partial charge is 0.472 e. The molecule has 19 heteroatoms. The van der Waals surface area contributed by atoms with Gasteiger partial charge in [0.25, 0.3) is 0 Å². The van der Waals surface area contributed by atoms with Crippen molar-refractivity contribution < 1.29 is 80.2 Å². The van der Waals surface area contributed by atoms with Gasteiger partial charge in [-0.2, -0.15) is 0 Å². The third kappa shape index (κ3) is 72.3. The summed E-state index contributed by atoms with van der Waals surface area (Å²) in [6.07, 6.45) is 76.8. The topological polar surface area (TPSA) is 237 Å². The number of rotatable bonds is 74. The first-order valence-electron chi connectivity index (χ1n) is 39.5. The van der Waals surface area contributed by atoms with E-state index >= 15 is 0 Å². The van der Waals surface area contributed by atoms with E-state index in [0.29, 0.717) is 25.7 Å². The number of hydrogen-bond donors (Lipinski definition) is 3. The Morgan fingerprint density at radius 2 is 0.500 bits per heavy atom. The summed E-state index contributed by atoms with van der Waals surface area (Å²) in [7, 11) is -9.95. The number of ether oxygens (including phenoxy) is 4. The van der Waals surface area contributed by atoms with Crippen LogP contribution in [-0.2, 0) is 65.4 Å². The van der Waals surface area contributed by atoms with Crippen molar-refractivity contribution in [1.29, 1.82) is 0 Å². The Kier molecular flexibility index (Phi) is 70.4. The molecule has 3 N–H and O–H groups in total. The number of carbonyl (C=O) groups excluding carboxylic acids is 4. The van der Waals surface area contributed by atoms with Gasteiger partial charge in [-0.15, -0.1) is 0 Å². The van der Waals surface area contributed by atoms with Crippen LogP contribution in [-0.4, -0.2) is 96.7 Å². The molecule has 0 saturated heterocycles. The number of phosphoric ester groups is 2. The van der Waals surface area contributed by atoms with Crippen LogP contribution in [0.2, 0.25) is 0 Å². The summed E-state index contributed by atoms with van der Waals surface area (Å²) < 4.78 is 68.4. The van der Waals surface area contributed by atoms with Crippen molar-refractivity contribution in [3.05, 3.63) is 97.2 Å². The van der Waals surface area contributed by atoms with E-state index in [9.17, 15) is 43.2 Å². The summed E-state index contributed by atoms with van der Waals surface area (Å²) in [5.74, 6) is -2.21. The molecule has 100 heavy (non-hydrogen) atoms. The van der Waals surface area contributed by atoms with Crippen LogP contribution in [0.25, 0.3) is 0 Å². The third-order valence-corrected chi connectivity index (χ3v) is 18.4. The van der Waals surface area contributed by atoms with Crippen LogP contribution in [0.1, 0.15) is 336 Å². The number of hydrogen-bond acceptors (Lipinski definition) is 15. The van der Waals surface area contributed by atoms with E-state index < -0.39 is 97.5 Å². The van der Waals surface area contributed by atoms with Crippen molar-refractivity contribution in [2.24, 2.45) is 0 Å². The summed E-state index contributed by atoms with van der Waals surface area (Å²) >= 11 is 0. The molecule has 0 aromatic carbocycles. The zero-order chi connectivity index (χ0) is 73.2. The van der Waals surface area contributed by atoms with Gasteiger partial charge in [0.05, 0.1) is 26.4 Å². The highest BCUT2D eigenvalue weighted by Crippen LogP contribution is 2.45. The molecule has 0 amide bonds. The molecule has 0 aliphatic heterocycles. The number of aliphatic hydroxyl groups is 1. The van der Waals surface area contributed by atoms with E-state index in [-0.39, 0.29) is 25.7 Å². The monoisotopic (exact) mass is 1450 g/mol. The van der Waals surface area contributed by atoms with Crippen LogP contribution in [0.4, 0.5) is 0 Å². The molecule has 0 bridgehead atoms. The summed E-state index contributed by atoms with van der Waals surface area (Å²) in [6.45, 7) is 4.71. The molecule has 578 valence electrons.